The predicted octanol–water partition coefficient (Wildman–Crippen LogP) is 2.69. The predicted molar refractivity (Wildman–Crippen MR) is 91.6 cm³/mol. The van der Waals surface area contributed by atoms with Gasteiger partial charge < -0.3 is 15.8 Å². The molecule has 0 aliphatic carbocycles. The van der Waals surface area contributed by atoms with Crippen molar-refractivity contribution in [2.75, 3.05) is 6.61 Å². The molecular formula is C19H19F2N3O2. The van der Waals surface area contributed by atoms with Crippen LogP contribution in [0.2, 0.25) is 0 Å². The van der Waals surface area contributed by atoms with E-state index in [-0.39, 0.29) is 25.3 Å². The molecule has 0 saturated heterocycles. The molecular weight excluding hydrogens is 340 g/mol. The van der Waals surface area contributed by atoms with Gasteiger partial charge in [-0.25, -0.2) is 8.78 Å². The fourth-order valence-corrected chi connectivity index (χ4v) is 2.45. The average molecular weight is 359 g/mol. The van der Waals surface area contributed by atoms with Crippen LogP contribution in [0.1, 0.15) is 35.3 Å². The molecule has 26 heavy (non-hydrogen) atoms. The zero-order valence-corrected chi connectivity index (χ0v) is 14.3. The summed E-state index contributed by atoms with van der Waals surface area (Å²) in [6, 6.07) is 10.9. The molecule has 0 heterocycles. The van der Waals surface area contributed by atoms with Gasteiger partial charge in [0.1, 0.15) is 11.6 Å². The Morgan fingerprint density at radius 3 is 2.54 bits per heavy atom. The van der Waals surface area contributed by atoms with Crippen molar-refractivity contribution in [3.05, 3.63) is 70.3 Å². The monoisotopic (exact) mass is 359 g/mol. The van der Waals surface area contributed by atoms with Gasteiger partial charge in [0.25, 0.3) is 5.91 Å². The van der Waals surface area contributed by atoms with E-state index in [1.807, 2.05) is 6.07 Å². The second kappa shape index (κ2) is 9.04. The number of halogens is 2. The minimum Gasteiger partial charge on any atom is -0.364 e. The highest BCUT2D eigenvalue weighted by atomic mass is 19.1. The lowest BCUT2D eigenvalue weighted by Crippen LogP contribution is -2.32. The Balaban J connectivity index is 2.21. The van der Waals surface area contributed by atoms with E-state index < -0.39 is 29.2 Å². The third kappa shape index (κ3) is 4.42. The molecule has 2 aromatic rings. The lowest BCUT2D eigenvalue weighted by atomic mass is 10.0. The molecule has 1 atom stereocenters. The summed E-state index contributed by atoms with van der Waals surface area (Å²) >= 11 is 0. The molecule has 0 spiro atoms. The van der Waals surface area contributed by atoms with Crippen molar-refractivity contribution in [1.82, 2.24) is 5.32 Å². The van der Waals surface area contributed by atoms with Crippen molar-refractivity contribution in [2.24, 2.45) is 5.73 Å². The number of nitrogens with zero attached hydrogens (tertiary/aromatic N) is 1. The molecule has 0 saturated carbocycles. The highest BCUT2D eigenvalue weighted by Gasteiger charge is 2.28. The first-order chi connectivity index (χ1) is 12.5. The molecule has 136 valence electrons. The lowest BCUT2D eigenvalue weighted by molar-refractivity contribution is -0.133. The molecule has 3 N–H and O–H groups in total. The van der Waals surface area contributed by atoms with Gasteiger partial charge in [-0.15, -0.1) is 0 Å². The summed E-state index contributed by atoms with van der Waals surface area (Å²) in [7, 11) is 0. The molecule has 0 bridgehead atoms. The molecule has 7 heteroatoms. The van der Waals surface area contributed by atoms with Crippen LogP contribution >= 0.6 is 0 Å². The molecule has 5 nitrogen and oxygen atoms in total. The van der Waals surface area contributed by atoms with E-state index in [2.05, 4.69) is 5.32 Å². The van der Waals surface area contributed by atoms with Gasteiger partial charge in [0, 0.05) is 25.3 Å². The Bertz CT molecular complexity index is 817. The van der Waals surface area contributed by atoms with Crippen molar-refractivity contribution >= 4 is 5.91 Å². The quantitative estimate of drug-likeness (QED) is 0.796. The van der Waals surface area contributed by atoms with E-state index in [1.165, 1.54) is 6.07 Å². The molecule has 2 rings (SSSR count). The number of nitrogens with two attached hydrogens (primary N) is 1. The number of amides is 1. The summed E-state index contributed by atoms with van der Waals surface area (Å²) < 4.78 is 34.0. The first-order valence-electron chi connectivity index (χ1n) is 8.07. The maximum absolute atomic E-state index is 14.5. The molecule has 1 unspecified atom stereocenters. The third-order valence-corrected chi connectivity index (χ3v) is 3.81. The Labute approximate surface area is 150 Å². The zero-order chi connectivity index (χ0) is 19.1. The summed E-state index contributed by atoms with van der Waals surface area (Å²) in [6.07, 6.45) is -1.43. The van der Waals surface area contributed by atoms with E-state index in [0.717, 1.165) is 11.6 Å². The number of ether oxygens (including phenoxy) is 1. The van der Waals surface area contributed by atoms with Crippen molar-refractivity contribution < 1.29 is 18.3 Å². The lowest BCUT2D eigenvalue weighted by Gasteiger charge is -2.19. The summed E-state index contributed by atoms with van der Waals surface area (Å²) in [5.41, 5.74) is 6.34. The maximum Gasteiger partial charge on any atom is 0.254 e. The fraction of sp³-hybridized carbons (Fsp3) is 0.263. The van der Waals surface area contributed by atoms with Crippen molar-refractivity contribution in [1.29, 1.82) is 5.26 Å². The molecule has 2 aromatic carbocycles. The normalized spacial score (nSPS) is 11.7. The van der Waals surface area contributed by atoms with Gasteiger partial charge in [-0.1, -0.05) is 18.2 Å². The highest BCUT2D eigenvalue weighted by Crippen LogP contribution is 2.26. The van der Waals surface area contributed by atoms with Crippen LogP contribution in [0.25, 0.3) is 0 Å². The van der Waals surface area contributed by atoms with Crippen LogP contribution in [0.15, 0.2) is 36.4 Å². The van der Waals surface area contributed by atoms with Gasteiger partial charge in [0.2, 0.25) is 0 Å². The number of nitrogens with one attached hydrogen (secondary N) is 1. The van der Waals surface area contributed by atoms with Gasteiger partial charge in [-0.2, -0.15) is 5.26 Å². The molecule has 0 aromatic heterocycles. The largest absolute Gasteiger partial charge is 0.364 e. The average Bonchev–Trinajstić information content (AvgIpc) is 2.66. The Hall–Kier alpha value is -2.82. The Kier molecular flexibility index (Phi) is 6.78. The number of carbonyl (C=O) groups excluding carboxylic acids is 1. The van der Waals surface area contributed by atoms with E-state index >= 15 is 0 Å². The van der Waals surface area contributed by atoms with E-state index in [9.17, 15) is 13.6 Å². The first kappa shape index (κ1) is 19.5. The highest BCUT2D eigenvalue weighted by molar-refractivity contribution is 5.82. The van der Waals surface area contributed by atoms with Crippen molar-refractivity contribution in [2.45, 2.75) is 26.1 Å². The maximum atomic E-state index is 14.5. The van der Waals surface area contributed by atoms with Crippen LogP contribution in [-0.2, 0) is 22.6 Å². The van der Waals surface area contributed by atoms with Crippen molar-refractivity contribution in [3.63, 3.8) is 0 Å². The number of hydrogen-bond acceptors (Lipinski definition) is 4. The SMILES string of the molecule is CCOC(C(=O)NCc1ccc(C#N)cc1)c1c(F)ccc(CN)c1F. The third-order valence-electron chi connectivity index (χ3n) is 3.81. The number of carbonyl (C=O) groups is 1. The minimum absolute atomic E-state index is 0.0979. The van der Waals surface area contributed by atoms with Gasteiger partial charge in [-0.05, 0) is 30.7 Å². The number of rotatable bonds is 7. The van der Waals surface area contributed by atoms with Gasteiger partial charge >= 0.3 is 0 Å². The minimum atomic E-state index is -1.43. The first-order valence-corrected chi connectivity index (χ1v) is 8.07. The molecule has 0 aliphatic heterocycles. The smallest absolute Gasteiger partial charge is 0.254 e. The van der Waals surface area contributed by atoms with E-state index in [1.54, 1.807) is 31.2 Å². The molecule has 0 fully saturated rings. The van der Waals surface area contributed by atoms with Crippen LogP contribution < -0.4 is 11.1 Å². The summed E-state index contributed by atoms with van der Waals surface area (Å²) in [5, 5.41) is 11.4. The van der Waals surface area contributed by atoms with Crippen LogP contribution in [0.4, 0.5) is 8.78 Å². The van der Waals surface area contributed by atoms with E-state index in [0.29, 0.717) is 5.56 Å². The van der Waals surface area contributed by atoms with Crippen molar-refractivity contribution in [3.8, 4) is 6.07 Å². The molecule has 0 radical (unpaired) electrons. The van der Waals surface area contributed by atoms with Gasteiger partial charge in [0.15, 0.2) is 6.10 Å². The van der Waals surface area contributed by atoms with E-state index in [4.69, 9.17) is 15.7 Å². The Morgan fingerprint density at radius 2 is 1.96 bits per heavy atom. The fourth-order valence-electron chi connectivity index (χ4n) is 2.45. The van der Waals surface area contributed by atoms with Gasteiger partial charge in [0.05, 0.1) is 17.2 Å². The topological polar surface area (TPSA) is 88.1 Å². The number of benzene rings is 2. The number of nitriles is 1. The van der Waals surface area contributed by atoms with Crippen LogP contribution in [0, 0.1) is 23.0 Å². The summed E-state index contributed by atoms with van der Waals surface area (Å²) in [5.74, 6) is -2.41. The van der Waals surface area contributed by atoms with Crippen LogP contribution in [-0.4, -0.2) is 12.5 Å². The summed E-state index contributed by atoms with van der Waals surface area (Å²) in [6.45, 7) is 1.74. The Morgan fingerprint density at radius 1 is 1.27 bits per heavy atom. The van der Waals surface area contributed by atoms with Gasteiger partial charge in [-0.3, -0.25) is 4.79 Å². The number of hydrogen-bond donors (Lipinski definition) is 2. The second-order valence-corrected chi connectivity index (χ2v) is 5.50. The standard InChI is InChI=1S/C19H19F2N3O2/c1-2-26-18(16-15(20)8-7-14(10-23)17(16)21)19(25)24-11-13-5-3-12(9-22)4-6-13/h3-8,18H,2,10-11,23H2,1H3,(H,24,25). The molecule has 1 amide bonds. The molecule has 0 aliphatic rings. The zero-order valence-electron chi connectivity index (χ0n) is 14.3. The second-order valence-electron chi connectivity index (χ2n) is 5.50. The summed E-state index contributed by atoms with van der Waals surface area (Å²) in [4.78, 5) is 12.5. The van der Waals surface area contributed by atoms with Crippen LogP contribution in [0.5, 0.6) is 0 Å². The van der Waals surface area contributed by atoms with Crippen LogP contribution in [0.3, 0.4) is 0 Å².